The van der Waals surface area contributed by atoms with E-state index in [-0.39, 0.29) is 11.3 Å². The molecule has 1 aromatic heterocycles. The Morgan fingerprint density at radius 2 is 2.19 bits per heavy atom. The number of pyridine rings is 1. The van der Waals surface area contributed by atoms with Crippen LogP contribution in [-0.2, 0) is 6.42 Å². The highest BCUT2D eigenvalue weighted by molar-refractivity contribution is 5.34. The summed E-state index contributed by atoms with van der Waals surface area (Å²) in [6, 6.07) is 2.63. The minimum Gasteiger partial charge on any atom is -0.405 e. The van der Waals surface area contributed by atoms with Gasteiger partial charge in [-0.25, -0.2) is 0 Å². The Balaban J connectivity index is 3.25. The molecule has 1 N–H and O–H groups in total. The monoisotopic (exact) mass is 232 g/mol. The molecule has 1 rings (SSSR count). The van der Waals surface area contributed by atoms with E-state index >= 15 is 0 Å². The summed E-state index contributed by atoms with van der Waals surface area (Å²) < 4.78 is 39.7. The summed E-state index contributed by atoms with van der Waals surface area (Å²) in [7, 11) is 0. The Kier molecular flexibility index (Phi) is 3.22. The first-order chi connectivity index (χ1) is 7.33. The summed E-state index contributed by atoms with van der Waals surface area (Å²) in [5.41, 5.74) is -0.850. The van der Waals surface area contributed by atoms with Crippen LogP contribution in [0.5, 0.6) is 5.75 Å². The highest BCUT2D eigenvalue weighted by Gasteiger charge is 2.32. The number of aryl methyl sites for hydroxylation is 1. The number of aromatic amines is 1. The van der Waals surface area contributed by atoms with E-state index in [1.807, 2.05) is 0 Å². The van der Waals surface area contributed by atoms with E-state index in [0.29, 0.717) is 0 Å². The number of halogens is 3. The van der Waals surface area contributed by atoms with Gasteiger partial charge in [-0.05, 0) is 6.92 Å². The molecular formula is C9H7F3N2O2. The summed E-state index contributed by atoms with van der Waals surface area (Å²) in [5.74, 6) is -0.629. The first-order valence-electron chi connectivity index (χ1n) is 4.19. The number of rotatable bonds is 2. The summed E-state index contributed by atoms with van der Waals surface area (Å²) in [5, 5.41) is 8.40. The van der Waals surface area contributed by atoms with Crippen molar-refractivity contribution in [3.63, 3.8) is 0 Å². The van der Waals surface area contributed by atoms with Gasteiger partial charge in [-0.15, -0.1) is 13.2 Å². The zero-order valence-corrected chi connectivity index (χ0v) is 8.18. The van der Waals surface area contributed by atoms with E-state index in [1.54, 1.807) is 6.07 Å². The Labute approximate surface area is 88.3 Å². The molecule has 0 aliphatic carbocycles. The fourth-order valence-electron chi connectivity index (χ4n) is 1.15. The van der Waals surface area contributed by atoms with Gasteiger partial charge in [0.1, 0.15) is 5.75 Å². The van der Waals surface area contributed by atoms with Gasteiger partial charge in [0.2, 0.25) is 0 Å². The average molecular weight is 232 g/mol. The van der Waals surface area contributed by atoms with Crippen LogP contribution in [0.4, 0.5) is 13.2 Å². The number of aromatic nitrogens is 1. The van der Waals surface area contributed by atoms with Crippen LogP contribution in [0.25, 0.3) is 0 Å². The highest BCUT2D eigenvalue weighted by atomic mass is 19.4. The third-order valence-corrected chi connectivity index (χ3v) is 1.71. The molecule has 16 heavy (non-hydrogen) atoms. The topological polar surface area (TPSA) is 65.9 Å². The van der Waals surface area contributed by atoms with Crippen molar-refractivity contribution in [1.82, 2.24) is 4.98 Å². The van der Waals surface area contributed by atoms with Gasteiger partial charge in [-0.3, -0.25) is 4.79 Å². The number of hydrogen-bond acceptors (Lipinski definition) is 3. The van der Waals surface area contributed by atoms with Gasteiger partial charge in [0.05, 0.1) is 18.1 Å². The maximum Gasteiger partial charge on any atom is 0.573 e. The van der Waals surface area contributed by atoms with E-state index in [2.05, 4.69) is 9.72 Å². The van der Waals surface area contributed by atoms with E-state index in [1.165, 1.54) is 6.92 Å². The van der Waals surface area contributed by atoms with Crippen LogP contribution in [0.2, 0.25) is 0 Å². The number of ether oxygens (including phenoxy) is 1. The normalized spacial score (nSPS) is 10.9. The Hall–Kier alpha value is -1.97. The number of H-pyrrole nitrogens is 1. The summed E-state index contributed by atoms with van der Waals surface area (Å²) in [4.78, 5) is 13.6. The van der Waals surface area contributed by atoms with Crippen LogP contribution in [0, 0.1) is 18.3 Å². The molecule has 0 spiro atoms. The Morgan fingerprint density at radius 1 is 1.56 bits per heavy atom. The van der Waals surface area contributed by atoms with Crippen molar-refractivity contribution in [2.24, 2.45) is 0 Å². The quantitative estimate of drug-likeness (QED) is 0.842. The van der Waals surface area contributed by atoms with Crippen molar-refractivity contribution in [1.29, 1.82) is 5.26 Å². The van der Waals surface area contributed by atoms with E-state index in [9.17, 15) is 18.0 Å². The second kappa shape index (κ2) is 4.26. The van der Waals surface area contributed by atoms with Crippen molar-refractivity contribution >= 4 is 0 Å². The van der Waals surface area contributed by atoms with E-state index in [4.69, 9.17) is 5.26 Å². The third-order valence-electron chi connectivity index (χ3n) is 1.71. The minimum atomic E-state index is -4.88. The summed E-state index contributed by atoms with van der Waals surface area (Å²) in [6.07, 6.45) is -5.33. The molecule has 0 aliphatic heterocycles. The van der Waals surface area contributed by atoms with Gasteiger partial charge in [0.15, 0.2) is 0 Å². The first-order valence-corrected chi connectivity index (χ1v) is 4.19. The minimum absolute atomic E-state index is 0.228. The second-order valence-electron chi connectivity index (χ2n) is 3.01. The van der Waals surface area contributed by atoms with Crippen LogP contribution in [0.1, 0.15) is 11.3 Å². The molecule has 0 radical (unpaired) electrons. The number of hydrogen-bond donors (Lipinski definition) is 1. The molecular weight excluding hydrogens is 225 g/mol. The molecule has 0 aliphatic rings. The second-order valence-corrected chi connectivity index (χ2v) is 3.01. The number of nitrogens with one attached hydrogen (secondary N) is 1. The van der Waals surface area contributed by atoms with Crippen molar-refractivity contribution in [3.8, 4) is 11.8 Å². The molecule has 0 saturated carbocycles. The predicted molar refractivity (Wildman–Crippen MR) is 47.8 cm³/mol. The van der Waals surface area contributed by atoms with Crippen LogP contribution < -0.4 is 10.3 Å². The summed E-state index contributed by atoms with van der Waals surface area (Å²) >= 11 is 0. The van der Waals surface area contributed by atoms with Crippen LogP contribution in [0.3, 0.4) is 0 Å². The molecule has 86 valence electrons. The zero-order chi connectivity index (χ0) is 12.3. The molecule has 1 aromatic rings. The van der Waals surface area contributed by atoms with Gasteiger partial charge in [-0.2, -0.15) is 5.26 Å². The van der Waals surface area contributed by atoms with E-state index in [0.717, 1.165) is 6.07 Å². The zero-order valence-electron chi connectivity index (χ0n) is 8.18. The summed E-state index contributed by atoms with van der Waals surface area (Å²) in [6.45, 7) is 1.42. The molecule has 0 amide bonds. The molecule has 7 heteroatoms. The van der Waals surface area contributed by atoms with Crippen molar-refractivity contribution in [2.45, 2.75) is 19.7 Å². The van der Waals surface area contributed by atoms with Crippen molar-refractivity contribution < 1.29 is 17.9 Å². The number of nitriles is 1. The number of alkyl halides is 3. The van der Waals surface area contributed by atoms with Crippen molar-refractivity contribution in [2.75, 3.05) is 0 Å². The molecule has 4 nitrogen and oxygen atoms in total. The predicted octanol–water partition coefficient (Wildman–Crippen LogP) is 1.65. The van der Waals surface area contributed by atoms with Gasteiger partial charge < -0.3 is 9.72 Å². The van der Waals surface area contributed by atoms with Crippen molar-refractivity contribution in [3.05, 3.63) is 27.7 Å². The maximum absolute atomic E-state index is 12.0. The van der Waals surface area contributed by atoms with Gasteiger partial charge in [0.25, 0.3) is 5.56 Å². The lowest BCUT2D eigenvalue weighted by Crippen LogP contribution is -2.22. The lowest BCUT2D eigenvalue weighted by molar-refractivity contribution is -0.274. The van der Waals surface area contributed by atoms with Gasteiger partial charge in [0, 0.05) is 11.8 Å². The molecule has 0 unspecified atom stereocenters. The smallest absolute Gasteiger partial charge is 0.405 e. The number of nitrogens with zero attached hydrogens (tertiary/aromatic N) is 1. The van der Waals surface area contributed by atoms with Crippen LogP contribution >= 0.6 is 0 Å². The fourth-order valence-corrected chi connectivity index (χ4v) is 1.15. The molecule has 0 aromatic carbocycles. The lowest BCUT2D eigenvalue weighted by atomic mass is 10.2. The highest BCUT2D eigenvalue weighted by Crippen LogP contribution is 2.25. The van der Waals surface area contributed by atoms with Gasteiger partial charge >= 0.3 is 6.36 Å². The van der Waals surface area contributed by atoms with Crippen LogP contribution in [0.15, 0.2) is 10.9 Å². The Bertz CT molecular complexity index is 485. The fraction of sp³-hybridized carbons (Fsp3) is 0.333. The SMILES string of the molecule is Cc1cc(OC(F)(F)F)c(CC#N)c(=O)[nH]1. The van der Waals surface area contributed by atoms with Gasteiger partial charge in [-0.1, -0.05) is 0 Å². The standard InChI is InChI=1S/C9H7F3N2O2/c1-5-4-7(16-9(10,11)12)6(2-3-13)8(15)14-5/h4H,2H2,1H3,(H,14,15). The molecule has 1 heterocycles. The molecule has 0 saturated heterocycles. The van der Waals surface area contributed by atoms with E-state index < -0.39 is 24.1 Å². The average Bonchev–Trinajstić information content (AvgIpc) is 2.08. The van der Waals surface area contributed by atoms with Crippen LogP contribution in [-0.4, -0.2) is 11.3 Å². The third kappa shape index (κ3) is 3.02. The maximum atomic E-state index is 12.0. The Morgan fingerprint density at radius 3 is 2.69 bits per heavy atom. The largest absolute Gasteiger partial charge is 0.573 e. The molecule has 0 atom stereocenters. The molecule has 0 fully saturated rings. The molecule has 0 bridgehead atoms. The first kappa shape index (κ1) is 12.1. The lowest BCUT2D eigenvalue weighted by Gasteiger charge is -2.11.